The van der Waals surface area contributed by atoms with Crippen molar-refractivity contribution in [2.24, 2.45) is 0 Å². The molecule has 134 valence electrons. The third-order valence-electron chi connectivity index (χ3n) is 3.92. The van der Waals surface area contributed by atoms with Crippen LogP contribution in [0.5, 0.6) is 5.75 Å². The molecule has 0 atom stereocenters. The molecule has 5 nitrogen and oxygen atoms in total. The molecule has 0 aliphatic heterocycles. The largest absolute Gasteiger partial charge is 0.494 e. The first-order valence-electron chi connectivity index (χ1n) is 8.32. The molecule has 2 aromatic carbocycles. The van der Waals surface area contributed by atoms with Crippen molar-refractivity contribution in [3.63, 3.8) is 0 Å². The number of hydrogen-bond donors (Lipinski definition) is 1. The number of aromatic nitrogens is 1. The molecule has 0 fully saturated rings. The standard InChI is InChI=1S/C20H19ClN2O3/c1-3-25-17-11-7-4-8-14(17)12-22-20(24)18-13(2)23-26-19(18)15-9-5-6-10-16(15)21/h4-11H,3,12H2,1-2H3,(H,22,24). The highest BCUT2D eigenvalue weighted by atomic mass is 35.5. The maximum atomic E-state index is 12.8. The molecule has 0 unspecified atom stereocenters. The van der Waals surface area contributed by atoms with Crippen molar-refractivity contribution < 1.29 is 14.1 Å². The van der Waals surface area contributed by atoms with Gasteiger partial charge in [-0.15, -0.1) is 0 Å². The van der Waals surface area contributed by atoms with Crippen LogP contribution in [0.3, 0.4) is 0 Å². The fourth-order valence-corrected chi connectivity index (χ4v) is 2.90. The van der Waals surface area contributed by atoms with Crippen LogP contribution >= 0.6 is 11.6 Å². The highest BCUT2D eigenvalue weighted by molar-refractivity contribution is 6.33. The van der Waals surface area contributed by atoms with Crippen LogP contribution in [0.15, 0.2) is 53.1 Å². The monoisotopic (exact) mass is 370 g/mol. The van der Waals surface area contributed by atoms with Crippen LogP contribution in [0.4, 0.5) is 0 Å². The first-order valence-corrected chi connectivity index (χ1v) is 8.69. The van der Waals surface area contributed by atoms with Crippen LogP contribution < -0.4 is 10.1 Å². The summed E-state index contributed by atoms with van der Waals surface area (Å²) in [6, 6.07) is 14.8. The number of halogens is 1. The summed E-state index contributed by atoms with van der Waals surface area (Å²) in [5, 5.41) is 7.35. The van der Waals surface area contributed by atoms with Gasteiger partial charge in [0, 0.05) is 17.7 Å². The van der Waals surface area contributed by atoms with Crippen molar-refractivity contribution in [1.82, 2.24) is 10.5 Å². The number of para-hydroxylation sites is 1. The van der Waals surface area contributed by atoms with E-state index in [4.69, 9.17) is 20.9 Å². The predicted octanol–water partition coefficient (Wildman–Crippen LogP) is 4.63. The number of aryl methyl sites for hydroxylation is 1. The Morgan fingerprint density at radius 2 is 1.92 bits per heavy atom. The molecule has 6 heteroatoms. The molecule has 1 aromatic heterocycles. The van der Waals surface area contributed by atoms with E-state index in [-0.39, 0.29) is 5.91 Å². The van der Waals surface area contributed by atoms with Gasteiger partial charge in [0.1, 0.15) is 11.3 Å². The van der Waals surface area contributed by atoms with E-state index in [2.05, 4.69) is 10.5 Å². The van der Waals surface area contributed by atoms with E-state index in [1.807, 2.05) is 43.3 Å². The van der Waals surface area contributed by atoms with E-state index in [0.717, 1.165) is 11.3 Å². The zero-order valence-corrected chi connectivity index (χ0v) is 15.3. The van der Waals surface area contributed by atoms with E-state index in [1.54, 1.807) is 19.1 Å². The van der Waals surface area contributed by atoms with Gasteiger partial charge >= 0.3 is 0 Å². The molecule has 0 bridgehead atoms. The van der Waals surface area contributed by atoms with Gasteiger partial charge in [-0.05, 0) is 32.0 Å². The van der Waals surface area contributed by atoms with Gasteiger partial charge in [-0.1, -0.05) is 47.1 Å². The summed E-state index contributed by atoms with van der Waals surface area (Å²) in [6.45, 7) is 4.55. The molecular formula is C20H19ClN2O3. The molecule has 0 aliphatic carbocycles. The van der Waals surface area contributed by atoms with Crippen molar-refractivity contribution in [2.75, 3.05) is 6.61 Å². The van der Waals surface area contributed by atoms with E-state index < -0.39 is 0 Å². The number of carbonyl (C=O) groups is 1. The van der Waals surface area contributed by atoms with E-state index in [1.165, 1.54) is 0 Å². The topological polar surface area (TPSA) is 64.4 Å². The van der Waals surface area contributed by atoms with E-state index >= 15 is 0 Å². The lowest BCUT2D eigenvalue weighted by molar-refractivity contribution is 0.0950. The van der Waals surface area contributed by atoms with Crippen molar-refractivity contribution in [3.05, 3.63) is 70.4 Å². The third kappa shape index (κ3) is 3.73. The number of nitrogens with one attached hydrogen (secondary N) is 1. The number of carbonyl (C=O) groups excluding carboxylic acids is 1. The van der Waals surface area contributed by atoms with Crippen molar-refractivity contribution in [1.29, 1.82) is 0 Å². The number of ether oxygens (including phenoxy) is 1. The highest BCUT2D eigenvalue weighted by Crippen LogP contribution is 2.32. The summed E-state index contributed by atoms with van der Waals surface area (Å²) in [5.74, 6) is 0.845. The van der Waals surface area contributed by atoms with Crippen molar-refractivity contribution in [2.45, 2.75) is 20.4 Å². The maximum absolute atomic E-state index is 12.8. The van der Waals surface area contributed by atoms with E-state index in [9.17, 15) is 4.79 Å². The molecule has 0 saturated heterocycles. The second-order valence-corrected chi connectivity index (χ2v) is 6.08. The van der Waals surface area contributed by atoms with Gasteiger partial charge in [0.25, 0.3) is 5.91 Å². The summed E-state index contributed by atoms with van der Waals surface area (Å²) in [6.07, 6.45) is 0. The Morgan fingerprint density at radius 1 is 1.19 bits per heavy atom. The van der Waals surface area contributed by atoms with Crippen LogP contribution in [-0.4, -0.2) is 17.7 Å². The van der Waals surface area contributed by atoms with Crippen molar-refractivity contribution in [3.8, 4) is 17.1 Å². The summed E-state index contributed by atoms with van der Waals surface area (Å²) in [7, 11) is 0. The van der Waals surface area contributed by atoms with Crippen LogP contribution in [0, 0.1) is 6.92 Å². The maximum Gasteiger partial charge on any atom is 0.257 e. The number of benzene rings is 2. The Balaban J connectivity index is 1.84. The molecule has 0 radical (unpaired) electrons. The molecular weight excluding hydrogens is 352 g/mol. The van der Waals surface area contributed by atoms with Gasteiger partial charge in [0.15, 0.2) is 5.76 Å². The quantitative estimate of drug-likeness (QED) is 0.687. The molecule has 0 saturated carbocycles. The normalized spacial score (nSPS) is 10.6. The van der Waals surface area contributed by atoms with Gasteiger partial charge in [0.05, 0.1) is 17.3 Å². The number of hydrogen-bond acceptors (Lipinski definition) is 4. The number of nitrogens with zero attached hydrogens (tertiary/aromatic N) is 1. The summed E-state index contributed by atoms with van der Waals surface area (Å²) in [4.78, 5) is 12.8. The number of amides is 1. The lowest BCUT2D eigenvalue weighted by Crippen LogP contribution is -2.24. The minimum atomic E-state index is -0.273. The molecule has 1 N–H and O–H groups in total. The highest BCUT2D eigenvalue weighted by Gasteiger charge is 2.23. The van der Waals surface area contributed by atoms with Gasteiger partial charge < -0.3 is 14.6 Å². The SMILES string of the molecule is CCOc1ccccc1CNC(=O)c1c(C)noc1-c1ccccc1Cl. The zero-order chi connectivity index (χ0) is 18.5. The second kappa shape index (κ2) is 8.06. The lowest BCUT2D eigenvalue weighted by atomic mass is 10.1. The van der Waals surface area contributed by atoms with Crippen LogP contribution in [0.1, 0.15) is 28.5 Å². The first-order chi connectivity index (χ1) is 12.6. The molecule has 0 spiro atoms. The molecule has 3 aromatic rings. The van der Waals surface area contributed by atoms with Gasteiger partial charge in [-0.3, -0.25) is 4.79 Å². The minimum Gasteiger partial charge on any atom is -0.494 e. The average Bonchev–Trinajstić information content (AvgIpc) is 3.03. The summed E-state index contributed by atoms with van der Waals surface area (Å²) < 4.78 is 11.0. The third-order valence-corrected chi connectivity index (χ3v) is 4.25. The fraction of sp³-hybridized carbons (Fsp3) is 0.200. The molecule has 3 rings (SSSR count). The Bertz CT molecular complexity index is 921. The minimum absolute atomic E-state index is 0.273. The van der Waals surface area contributed by atoms with Crippen LogP contribution in [0.25, 0.3) is 11.3 Å². The molecule has 1 amide bonds. The molecule has 0 aliphatic rings. The lowest BCUT2D eigenvalue weighted by Gasteiger charge is -2.11. The van der Waals surface area contributed by atoms with Crippen LogP contribution in [-0.2, 0) is 6.54 Å². The van der Waals surface area contributed by atoms with Gasteiger partial charge in [-0.2, -0.15) is 0 Å². The zero-order valence-electron chi connectivity index (χ0n) is 14.6. The summed E-state index contributed by atoms with van der Waals surface area (Å²) >= 11 is 6.24. The Hall–Kier alpha value is -2.79. The summed E-state index contributed by atoms with van der Waals surface area (Å²) in [5.41, 5.74) is 2.42. The van der Waals surface area contributed by atoms with Gasteiger partial charge in [0.2, 0.25) is 0 Å². The first kappa shape index (κ1) is 18.0. The number of rotatable bonds is 6. The average molecular weight is 371 g/mol. The predicted molar refractivity (Wildman–Crippen MR) is 100 cm³/mol. The van der Waals surface area contributed by atoms with Crippen molar-refractivity contribution >= 4 is 17.5 Å². The molecule has 1 heterocycles. The van der Waals surface area contributed by atoms with Gasteiger partial charge in [-0.25, -0.2) is 0 Å². The Labute approximate surface area is 156 Å². The Morgan fingerprint density at radius 3 is 2.69 bits per heavy atom. The van der Waals surface area contributed by atoms with E-state index in [0.29, 0.717) is 40.8 Å². The fourth-order valence-electron chi connectivity index (χ4n) is 2.68. The Kier molecular flexibility index (Phi) is 5.58. The molecule has 26 heavy (non-hydrogen) atoms. The smallest absolute Gasteiger partial charge is 0.257 e. The second-order valence-electron chi connectivity index (χ2n) is 5.68. The van der Waals surface area contributed by atoms with Crippen LogP contribution in [0.2, 0.25) is 5.02 Å².